The fourth-order valence-electron chi connectivity index (χ4n) is 0.473. The zero-order valence-electron chi connectivity index (χ0n) is 5.64. The van der Waals surface area contributed by atoms with Crippen molar-refractivity contribution in [3.63, 3.8) is 0 Å². The summed E-state index contributed by atoms with van der Waals surface area (Å²) in [4.78, 5) is 0. The minimum Gasteiger partial charge on any atom is -0.377 e. The van der Waals surface area contributed by atoms with Crippen molar-refractivity contribution in [3.05, 3.63) is 12.7 Å². The number of unbranched alkanes of at least 4 members (excludes halogenated alkanes) is 1. The lowest BCUT2D eigenvalue weighted by atomic mass is 10.3. The average molecular weight is 129 g/mol. The van der Waals surface area contributed by atoms with Gasteiger partial charge in [0.05, 0.1) is 13.2 Å². The van der Waals surface area contributed by atoms with E-state index in [1.165, 1.54) is 0 Å². The van der Waals surface area contributed by atoms with Crippen LogP contribution in [0.25, 0.3) is 0 Å². The third-order valence-corrected chi connectivity index (χ3v) is 0.919. The van der Waals surface area contributed by atoms with Crippen LogP contribution in [0, 0.1) is 0 Å². The second-order valence-electron chi connectivity index (χ2n) is 1.77. The largest absolute Gasteiger partial charge is 0.377 e. The van der Waals surface area contributed by atoms with E-state index in [2.05, 4.69) is 6.58 Å². The van der Waals surface area contributed by atoms with Gasteiger partial charge in [0.15, 0.2) is 0 Å². The van der Waals surface area contributed by atoms with Crippen LogP contribution in [0.4, 0.5) is 0 Å². The topological polar surface area (TPSA) is 29.1 Å². The Kier molecular flexibility index (Phi) is 7.37. The molecule has 0 spiro atoms. The van der Waals surface area contributed by atoms with E-state index >= 15 is 0 Å². The van der Waals surface area contributed by atoms with Crippen LogP contribution in [0.5, 0.6) is 0 Å². The molecule has 9 heavy (non-hydrogen) atoms. The first-order valence-electron chi connectivity index (χ1n) is 3.18. The van der Waals surface area contributed by atoms with E-state index in [-0.39, 0.29) is 6.61 Å². The Morgan fingerprint density at radius 1 is 1.44 bits per heavy atom. The molecule has 0 bridgehead atoms. The van der Waals surface area contributed by atoms with E-state index in [1.54, 1.807) is 6.08 Å². The Morgan fingerprint density at radius 3 is 2.78 bits per heavy atom. The molecule has 0 saturated heterocycles. The van der Waals surface area contributed by atoms with Crippen molar-refractivity contribution in [1.82, 2.24) is 0 Å². The summed E-state index contributed by atoms with van der Waals surface area (Å²) in [6.07, 6.45) is 3.30. The Balaban J connectivity index is 2.66. The molecule has 0 aliphatic carbocycles. The maximum absolute atomic E-state index is 9.89. The summed E-state index contributed by atoms with van der Waals surface area (Å²) in [5.74, 6) is 0. The van der Waals surface area contributed by atoms with Crippen molar-refractivity contribution in [2.75, 3.05) is 19.8 Å². The molecule has 0 heterocycles. The molecule has 0 aliphatic rings. The predicted molar refractivity (Wildman–Crippen MR) is 35.8 cm³/mol. The van der Waals surface area contributed by atoms with Crippen LogP contribution in [0.2, 0.25) is 0 Å². The molecule has 0 aromatic heterocycles. The van der Waals surface area contributed by atoms with Gasteiger partial charge in [0, 0.05) is 6.61 Å². The van der Waals surface area contributed by atoms with E-state index in [1.807, 2.05) is 0 Å². The Bertz CT molecular complexity index is 61.9. The van der Waals surface area contributed by atoms with Gasteiger partial charge in [-0.05, 0) is 12.8 Å². The second kappa shape index (κ2) is 7.66. The molecule has 0 aliphatic heterocycles. The molecule has 0 unspecified atom stereocenters. The number of rotatable bonds is 6. The lowest BCUT2D eigenvalue weighted by Gasteiger charge is -1.96. The molecule has 0 rings (SSSR count). The standard InChI is InChI=1S/C7H13O2/c1-2-6-9-7-4-3-5-8/h2H,1,3-7H2. The van der Waals surface area contributed by atoms with Gasteiger partial charge < -0.3 is 4.74 Å². The SMILES string of the molecule is C=CCOCCCC[O]. The van der Waals surface area contributed by atoms with E-state index < -0.39 is 0 Å². The van der Waals surface area contributed by atoms with Gasteiger partial charge in [0.1, 0.15) is 0 Å². The average Bonchev–Trinajstić information content (AvgIpc) is 1.89. The van der Waals surface area contributed by atoms with Crippen LogP contribution >= 0.6 is 0 Å². The van der Waals surface area contributed by atoms with E-state index in [0.29, 0.717) is 13.2 Å². The van der Waals surface area contributed by atoms with Gasteiger partial charge >= 0.3 is 0 Å². The van der Waals surface area contributed by atoms with Gasteiger partial charge in [0.25, 0.3) is 0 Å². The van der Waals surface area contributed by atoms with Gasteiger partial charge in [0.2, 0.25) is 0 Å². The van der Waals surface area contributed by atoms with Crippen LogP contribution < -0.4 is 0 Å². The highest BCUT2D eigenvalue weighted by Crippen LogP contribution is 1.87. The molecular formula is C7H13O2. The minimum absolute atomic E-state index is 0.0114. The molecule has 2 heteroatoms. The van der Waals surface area contributed by atoms with Crippen molar-refractivity contribution in [3.8, 4) is 0 Å². The van der Waals surface area contributed by atoms with Crippen LogP contribution in [-0.2, 0) is 9.84 Å². The Morgan fingerprint density at radius 2 is 2.22 bits per heavy atom. The first-order chi connectivity index (χ1) is 4.41. The van der Waals surface area contributed by atoms with E-state index in [4.69, 9.17) is 4.74 Å². The highest BCUT2D eigenvalue weighted by Gasteiger charge is 1.85. The molecule has 0 N–H and O–H groups in total. The summed E-state index contributed by atoms with van der Waals surface area (Å²) in [5, 5.41) is 9.89. The lowest BCUT2D eigenvalue weighted by molar-refractivity contribution is 0.136. The Labute approximate surface area is 56.1 Å². The molecule has 2 nitrogen and oxygen atoms in total. The number of hydrogen-bond acceptors (Lipinski definition) is 1. The summed E-state index contributed by atoms with van der Waals surface area (Å²) in [6.45, 7) is 4.79. The van der Waals surface area contributed by atoms with Gasteiger partial charge in [-0.2, -0.15) is 0 Å². The fourth-order valence-corrected chi connectivity index (χ4v) is 0.473. The first kappa shape index (κ1) is 8.66. The normalized spacial score (nSPS) is 9.44. The van der Waals surface area contributed by atoms with Crippen LogP contribution in [0.3, 0.4) is 0 Å². The maximum atomic E-state index is 9.89. The van der Waals surface area contributed by atoms with Crippen LogP contribution in [0.15, 0.2) is 12.7 Å². The zero-order valence-corrected chi connectivity index (χ0v) is 5.64. The van der Waals surface area contributed by atoms with E-state index in [9.17, 15) is 5.11 Å². The third kappa shape index (κ3) is 7.66. The second-order valence-corrected chi connectivity index (χ2v) is 1.77. The maximum Gasteiger partial charge on any atom is 0.0823 e. The van der Waals surface area contributed by atoms with Crippen LogP contribution in [0.1, 0.15) is 12.8 Å². The van der Waals surface area contributed by atoms with Crippen molar-refractivity contribution in [2.24, 2.45) is 0 Å². The predicted octanol–water partition coefficient (Wildman–Crippen LogP) is 1.40. The number of hydrogen-bond donors (Lipinski definition) is 0. The van der Waals surface area contributed by atoms with Gasteiger partial charge in [-0.1, -0.05) is 6.08 Å². The minimum atomic E-state index is 0.0114. The molecule has 0 saturated carbocycles. The highest BCUT2D eigenvalue weighted by molar-refractivity contribution is 4.63. The van der Waals surface area contributed by atoms with Crippen molar-refractivity contribution >= 4 is 0 Å². The molecule has 1 radical (unpaired) electrons. The third-order valence-electron chi connectivity index (χ3n) is 0.919. The molecule has 53 valence electrons. The van der Waals surface area contributed by atoms with E-state index in [0.717, 1.165) is 12.8 Å². The smallest absolute Gasteiger partial charge is 0.0823 e. The van der Waals surface area contributed by atoms with Crippen molar-refractivity contribution in [1.29, 1.82) is 0 Å². The quantitative estimate of drug-likeness (QED) is 0.393. The summed E-state index contributed by atoms with van der Waals surface area (Å²) in [7, 11) is 0. The fraction of sp³-hybridized carbons (Fsp3) is 0.714. The molecule has 0 atom stereocenters. The molecule has 0 amide bonds. The van der Waals surface area contributed by atoms with Gasteiger partial charge in [-0.15, -0.1) is 6.58 Å². The van der Waals surface area contributed by atoms with Crippen LogP contribution in [-0.4, -0.2) is 19.8 Å². The molecule has 0 fully saturated rings. The van der Waals surface area contributed by atoms with Crippen molar-refractivity contribution < 1.29 is 9.84 Å². The zero-order chi connectivity index (χ0) is 6.95. The summed E-state index contributed by atoms with van der Waals surface area (Å²) >= 11 is 0. The van der Waals surface area contributed by atoms with Gasteiger partial charge in [-0.25, -0.2) is 5.11 Å². The summed E-state index contributed by atoms with van der Waals surface area (Å²) in [5.41, 5.74) is 0. The Hall–Kier alpha value is -0.340. The van der Waals surface area contributed by atoms with Gasteiger partial charge in [-0.3, -0.25) is 0 Å². The molecular weight excluding hydrogens is 116 g/mol. The monoisotopic (exact) mass is 129 g/mol. The summed E-state index contributed by atoms with van der Waals surface area (Å²) in [6, 6.07) is 0. The lowest BCUT2D eigenvalue weighted by Crippen LogP contribution is -1.94. The first-order valence-corrected chi connectivity index (χ1v) is 3.18. The number of ether oxygens (including phenoxy) is 1. The van der Waals surface area contributed by atoms with Crippen molar-refractivity contribution in [2.45, 2.75) is 12.8 Å². The highest BCUT2D eigenvalue weighted by atomic mass is 16.5. The molecule has 0 aromatic carbocycles. The summed E-state index contributed by atoms with van der Waals surface area (Å²) < 4.78 is 5.03. The molecule has 0 aromatic rings.